The Labute approximate surface area is 204 Å². The van der Waals surface area contributed by atoms with Crippen molar-refractivity contribution < 1.29 is 9.53 Å². The van der Waals surface area contributed by atoms with Crippen LogP contribution in [0.2, 0.25) is 0 Å². The van der Waals surface area contributed by atoms with Crippen LogP contribution >= 0.6 is 0 Å². The van der Waals surface area contributed by atoms with E-state index in [1.54, 1.807) is 13.3 Å². The number of hydrogen-bond acceptors (Lipinski definition) is 6. The van der Waals surface area contributed by atoms with E-state index in [9.17, 15) is 4.79 Å². The highest BCUT2D eigenvalue weighted by Crippen LogP contribution is 2.39. The van der Waals surface area contributed by atoms with Gasteiger partial charge in [0, 0.05) is 24.0 Å². The number of carbonyl (C=O) groups is 1. The lowest BCUT2D eigenvalue weighted by Crippen LogP contribution is -2.32. The van der Waals surface area contributed by atoms with Crippen LogP contribution in [0.4, 0.5) is 17.3 Å². The monoisotopic (exact) mass is 465 g/mol. The summed E-state index contributed by atoms with van der Waals surface area (Å²) in [6, 6.07) is 25.0. The minimum absolute atomic E-state index is 0.0414. The largest absolute Gasteiger partial charge is 0.497 e. The minimum atomic E-state index is -0.209. The summed E-state index contributed by atoms with van der Waals surface area (Å²) in [4.78, 5) is 24.6. The summed E-state index contributed by atoms with van der Waals surface area (Å²) < 4.78 is 5.41. The molecule has 1 atom stereocenters. The van der Waals surface area contributed by atoms with Gasteiger partial charge in [-0.2, -0.15) is 0 Å². The maximum Gasteiger partial charge on any atom is 0.256 e. The molecule has 2 heterocycles. The van der Waals surface area contributed by atoms with Gasteiger partial charge in [-0.25, -0.2) is 9.97 Å². The van der Waals surface area contributed by atoms with Gasteiger partial charge in [0.15, 0.2) is 0 Å². The number of anilines is 3. The highest BCUT2D eigenvalue weighted by atomic mass is 16.5. The molecule has 3 N–H and O–H groups in total. The van der Waals surface area contributed by atoms with Crippen molar-refractivity contribution in [2.45, 2.75) is 18.9 Å². The van der Waals surface area contributed by atoms with Crippen molar-refractivity contribution in [1.29, 1.82) is 0 Å². The lowest BCUT2D eigenvalue weighted by atomic mass is 9.99. The molecular weight excluding hydrogens is 438 g/mol. The summed E-state index contributed by atoms with van der Waals surface area (Å²) in [6.07, 6.45) is 3.41. The fraction of sp³-hybridized carbons (Fsp3) is 0.179. The fourth-order valence-corrected chi connectivity index (χ4v) is 4.58. The van der Waals surface area contributed by atoms with Crippen LogP contribution < -0.4 is 15.8 Å². The van der Waals surface area contributed by atoms with Crippen LogP contribution in [-0.2, 0) is 0 Å². The molecule has 1 aromatic heterocycles. The van der Waals surface area contributed by atoms with Crippen LogP contribution in [0.5, 0.6) is 5.75 Å². The summed E-state index contributed by atoms with van der Waals surface area (Å²) in [7, 11) is 1.64. The van der Waals surface area contributed by atoms with Gasteiger partial charge in [-0.1, -0.05) is 42.5 Å². The molecule has 0 radical (unpaired) electrons. The van der Waals surface area contributed by atoms with E-state index in [1.807, 2.05) is 83.8 Å². The second-order valence-corrected chi connectivity index (χ2v) is 8.45. The van der Waals surface area contributed by atoms with E-state index in [-0.39, 0.29) is 17.9 Å². The van der Waals surface area contributed by atoms with E-state index in [2.05, 4.69) is 15.3 Å². The first-order chi connectivity index (χ1) is 17.1. The third-order valence-electron chi connectivity index (χ3n) is 6.26. The Balaban J connectivity index is 1.50. The van der Waals surface area contributed by atoms with Crippen molar-refractivity contribution in [3.8, 4) is 16.9 Å². The molecule has 0 aliphatic carbocycles. The van der Waals surface area contributed by atoms with Crippen LogP contribution in [0, 0.1) is 0 Å². The third kappa shape index (κ3) is 4.66. The number of nitrogen functional groups attached to an aromatic ring is 1. The Morgan fingerprint density at radius 3 is 2.69 bits per heavy atom. The number of likely N-dealkylation sites (tertiary alicyclic amines) is 1. The van der Waals surface area contributed by atoms with Gasteiger partial charge in [0.2, 0.25) is 5.95 Å². The Morgan fingerprint density at radius 2 is 1.86 bits per heavy atom. The summed E-state index contributed by atoms with van der Waals surface area (Å²) in [6.45, 7) is 0.643. The SMILES string of the molecule is COc1cccc(-c2cnc(N)nc2[C@@H]2CCCN2C(=O)c2ccccc2Nc2ccccc2)c1. The second-order valence-electron chi connectivity index (χ2n) is 8.45. The average Bonchev–Trinajstić information content (AvgIpc) is 3.39. The zero-order valence-corrected chi connectivity index (χ0v) is 19.5. The number of nitrogens with one attached hydrogen (secondary N) is 1. The molecule has 1 fully saturated rings. The second kappa shape index (κ2) is 9.85. The van der Waals surface area contributed by atoms with Crippen molar-refractivity contribution >= 4 is 23.2 Å². The summed E-state index contributed by atoms with van der Waals surface area (Å²) in [5.41, 5.74) is 10.8. The lowest BCUT2D eigenvalue weighted by molar-refractivity contribution is 0.0734. The van der Waals surface area contributed by atoms with E-state index in [4.69, 9.17) is 10.5 Å². The van der Waals surface area contributed by atoms with Crippen LogP contribution in [0.1, 0.15) is 34.9 Å². The molecule has 0 spiro atoms. The Bertz CT molecular complexity index is 1340. The number of rotatable bonds is 6. The number of carbonyl (C=O) groups excluding carboxylic acids is 1. The summed E-state index contributed by atoms with van der Waals surface area (Å²) in [5, 5.41) is 3.38. The fourth-order valence-electron chi connectivity index (χ4n) is 4.58. The average molecular weight is 466 g/mol. The molecule has 4 aromatic rings. The quantitative estimate of drug-likeness (QED) is 0.393. The molecule has 1 amide bonds. The number of methoxy groups -OCH3 is 1. The smallest absolute Gasteiger partial charge is 0.256 e. The number of benzene rings is 3. The molecule has 0 saturated carbocycles. The standard InChI is InChI=1S/C28H27N5O2/c1-35-21-12-7-9-19(17-21)23-18-30-28(29)32-26(23)25-15-8-16-33(25)27(34)22-13-5-6-14-24(22)31-20-10-3-2-4-11-20/h2-7,9-14,17-18,25,31H,8,15-16H2,1H3,(H2,29,30,32)/t25-/m0/s1. The van der Waals surface area contributed by atoms with Gasteiger partial charge >= 0.3 is 0 Å². The van der Waals surface area contributed by atoms with Crippen molar-refractivity contribution in [1.82, 2.24) is 14.9 Å². The van der Waals surface area contributed by atoms with E-state index in [0.717, 1.165) is 46.8 Å². The molecule has 35 heavy (non-hydrogen) atoms. The van der Waals surface area contributed by atoms with Crippen LogP contribution in [0.15, 0.2) is 85.1 Å². The number of nitrogens with two attached hydrogens (primary N) is 1. The van der Waals surface area contributed by atoms with Gasteiger partial charge in [-0.15, -0.1) is 0 Å². The van der Waals surface area contributed by atoms with Gasteiger partial charge in [-0.3, -0.25) is 4.79 Å². The van der Waals surface area contributed by atoms with Crippen molar-refractivity contribution in [3.05, 3.63) is 96.3 Å². The maximum absolute atomic E-state index is 13.9. The molecule has 3 aromatic carbocycles. The molecular formula is C28H27N5O2. The molecule has 0 unspecified atom stereocenters. The van der Waals surface area contributed by atoms with Crippen molar-refractivity contribution in [3.63, 3.8) is 0 Å². The Morgan fingerprint density at radius 1 is 1.06 bits per heavy atom. The van der Waals surface area contributed by atoms with E-state index in [1.165, 1.54) is 0 Å². The van der Waals surface area contributed by atoms with E-state index >= 15 is 0 Å². The van der Waals surface area contributed by atoms with Gasteiger partial charge in [0.1, 0.15) is 5.75 Å². The summed E-state index contributed by atoms with van der Waals surface area (Å²) in [5.74, 6) is 0.892. The van der Waals surface area contributed by atoms with Crippen LogP contribution in [0.3, 0.4) is 0 Å². The number of para-hydroxylation sites is 2. The zero-order chi connectivity index (χ0) is 24.2. The minimum Gasteiger partial charge on any atom is -0.497 e. The highest BCUT2D eigenvalue weighted by Gasteiger charge is 2.34. The molecule has 7 heteroatoms. The van der Waals surface area contributed by atoms with E-state index in [0.29, 0.717) is 12.1 Å². The molecule has 5 rings (SSSR count). The number of ether oxygens (including phenoxy) is 1. The van der Waals surface area contributed by atoms with Gasteiger partial charge in [0.25, 0.3) is 5.91 Å². The molecule has 7 nitrogen and oxygen atoms in total. The first-order valence-electron chi connectivity index (χ1n) is 11.6. The summed E-state index contributed by atoms with van der Waals surface area (Å²) >= 11 is 0. The van der Waals surface area contributed by atoms with Crippen molar-refractivity contribution in [2.75, 3.05) is 24.7 Å². The predicted molar refractivity (Wildman–Crippen MR) is 138 cm³/mol. The number of nitrogens with zero attached hydrogens (tertiary/aromatic N) is 3. The van der Waals surface area contributed by atoms with Gasteiger partial charge in [0.05, 0.1) is 30.1 Å². The predicted octanol–water partition coefficient (Wildman–Crippen LogP) is 5.46. The first-order valence-corrected chi connectivity index (χ1v) is 11.6. The topological polar surface area (TPSA) is 93.4 Å². The first kappa shape index (κ1) is 22.4. The van der Waals surface area contributed by atoms with Crippen LogP contribution in [-0.4, -0.2) is 34.4 Å². The number of aromatic nitrogens is 2. The van der Waals surface area contributed by atoms with Crippen molar-refractivity contribution in [2.24, 2.45) is 0 Å². The molecule has 1 saturated heterocycles. The number of amides is 1. The highest BCUT2D eigenvalue weighted by molar-refractivity contribution is 6.00. The maximum atomic E-state index is 13.9. The molecule has 1 aliphatic rings. The molecule has 1 aliphatic heterocycles. The van der Waals surface area contributed by atoms with Gasteiger partial charge < -0.3 is 20.7 Å². The lowest BCUT2D eigenvalue weighted by Gasteiger charge is -2.27. The van der Waals surface area contributed by atoms with Crippen LogP contribution in [0.25, 0.3) is 11.1 Å². The van der Waals surface area contributed by atoms with Gasteiger partial charge in [-0.05, 0) is 54.8 Å². The Kier molecular flexibility index (Phi) is 6.30. The molecule has 176 valence electrons. The third-order valence-corrected chi connectivity index (χ3v) is 6.26. The zero-order valence-electron chi connectivity index (χ0n) is 19.5. The molecule has 0 bridgehead atoms. The normalized spacial score (nSPS) is 15.1. The van der Waals surface area contributed by atoms with E-state index < -0.39 is 0 Å². The Hall–Kier alpha value is -4.39. The number of hydrogen-bond donors (Lipinski definition) is 2.